The fourth-order valence-corrected chi connectivity index (χ4v) is 5.76. The van der Waals surface area contributed by atoms with Crippen LogP contribution in [0.5, 0.6) is 0 Å². The number of carbonyl (C=O) groups is 2. The molecule has 2 aromatic rings. The zero-order valence-corrected chi connectivity index (χ0v) is 19.4. The Morgan fingerprint density at radius 2 is 1.97 bits per heavy atom. The van der Waals surface area contributed by atoms with Gasteiger partial charge in [0.25, 0.3) is 0 Å². The normalized spacial score (nSPS) is 21.9. The number of imide groups is 1. The van der Waals surface area contributed by atoms with Crippen LogP contribution in [0.2, 0.25) is 0 Å². The number of fused-ring (bicyclic) bond motifs is 1. The summed E-state index contributed by atoms with van der Waals surface area (Å²) in [5, 5.41) is 7.08. The Morgan fingerprint density at radius 3 is 2.76 bits per heavy atom. The molecule has 1 atom stereocenters. The van der Waals surface area contributed by atoms with Crippen molar-refractivity contribution in [1.29, 1.82) is 0 Å². The Bertz CT molecular complexity index is 1080. The smallest absolute Gasteiger partial charge is 0.234 e. The number of hydrogen-bond acceptors (Lipinski definition) is 4. The van der Waals surface area contributed by atoms with Gasteiger partial charge >= 0.3 is 0 Å². The molecule has 2 aliphatic carbocycles. The van der Waals surface area contributed by atoms with Crippen LogP contribution in [0.15, 0.2) is 28.9 Å². The molecule has 0 radical (unpaired) electrons. The lowest BCUT2D eigenvalue weighted by molar-refractivity contribution is -0.134. The summed E-state index contributed by atoms with van der Waals surface area (Å²) in [6.07, 6.45) is 15.6. The molecule has 1 spiro atoms. The van der Waals surface area contributed by atoms with E-state index in [2.05, 4.69) is 22.5 Å². The molecule has 33 heavy (non-hydrogen) atoms. The second-order valence-corrected chi connectivity index (χ2v) is 10.3. The number of piperidine rings is 1. The zero-order chi connectivity index (χ0) is 22.7. The predicted octanol–water partition coefficient (Wildman–Crippen LogP) is 5.18. The number of furan rings is 1. The van der Waals surface area contributed by atoms with E-state index < -0.39 is 0 Å². The highest BCUT2D eigenvalue weighted by Crippen LogP contribution is 2.55. The highest BCUT2D eigenvalue weighted by Gasteiger charge is 2.47. The van der Waals surface area contributed by atoms with Crippen molar-refractivity contribution < 1.29 is 14.0 Å². The number of hydrogen-bond donors (Lipinski definition) is 2. The van der Waals surface area contributed by atoms with Gasteiger partial charge in [0.15, 0.2) is 0 Å². The molecule has 0 bridgehead atoms. The van der Waals surface area contributed by atoms with Crippen LogP contribution in [0, 0.1) is 17.3 Å². The van der Waals surface area contributed by atoms with Crippen LogP contribution < -0.4 is 10.6 Å². The van der Waals surface area contributed by atoms with Crippen molar-refractivity contribution in [3.05, 3.63) is 35.6 Å². The van der Waals surface area contributed by atoms with E-state index in [1.165, 1.54) is 51.4 Å². The summed E-state index contributed by atoms with van der Waals surface area (Å²) in [5.74, 6) is 5.78. The lowest BCUT2D eigenvalue weighted by Crippen LogP contribution is -2.52. The molecule has 5 heteroatoms. The molecular formula is C28H34N2O3. The second kappa shape index (κ2) is 9.73. The van der Waals surface area contributed by atoms with Crippen molar-refractivity contribution >= 4 is 22.8 Å². The van der Waals surface area contributed by atoms with Gasteiger partial charge in [0, 0.05) is 35.4 Å². The molecule has 1 aromatic carbocycles. The predicted molar refractivity (Wildman–Crippen MR) is 129 cm³/mol. The molecule has 2 heterocycles. The molecule has 1 saturated heterocycles. The van der Waals surface area contributed by atoms with E-state index >= 15 is 0 Å². The molecule has 174 valence electrons. The Hall–Kier alpha value is -2.58. The third kappa shape index (κ3) is 5.01. The number of carbonyl (C=O) groups excluding carboxylic acids is 2. The molecule has 2 amide bonds. The second-order valence-electron chi connectivity index (χ2n) is 10.3. The zero-order valence-electron chi connectivity index (χ0n) is 19.4. The van der Waals surface area contributed by atoms with Crippen LogP contribution in [0.25, 0.3) is 11.0 Å². The number of rotatable bonds is 8. The molecular weight excluding hydrogens is 412 g/mol. The van der Waals surface area contributed by atoms with Gasteiger partial charge < -0.3 is 9.73 Å². The van der Waals surface area contributed by atoms with Crippen LogP contribution in [0.1, 0.15) is 94.1 Å². The van der Waals surface area contributed by atoms with Crippen molar-refractivity contribution in [3.63, 3.8) is 0 Å². The topological polar surface area (TPSA) is 71.3 Å². The fraction of sp³-hybridized carbons (Fsp3) is 0.571. The number of amides is 2. The van der Waals surface area contributed by atoms with E-state index in [1.54, 1.807) is 6.26 Å². The third-order valence-electron chi connectivity index (χ3n) is 7.89. The van der Waals surface area contributed by atoms with E-state index in [-0.39, 0.29) is 17.7 Å². The summed E-state index contributed by atoms with van der Waals surface area (Å²) < 4.78 is 5.65. The minimum absolute atomic E-state index is 0.202. The maximum Gasteiger partial charge on any atom is 0.234 e. The van der Waals surface area contributed by atoms with Crippen LogP contribution in [-0.2, 0) is 9.59 Å². The molecule has 2 N–H and O–H groups in total. The highest BCUT2D eigenvalue weighted by molar-refractivity contribution is 6.02. The van der Waals surface area contributed by atoms with Gasteiger partial charge in [0.1, 0.15) is 5.58 Å². The number of unbranched alkanes of at least 4 members (excludes halogenated alkanes) is 4. The van der Waals surface area contributed by atoms with Crippen molar-refractivity contribution in [3.8, 4) is 11.8 Å². The average Bonchev–Trinajstić information content (AvgIpc) is 3.15. The van der Waals surface area contributed by atoms with Crippen molar-refractivity contribution in [2.24, 2.45) is 5.41 Å². The SMILES string of the molecule is O=C1CCC(c2coc3ccc(C#CCCCCCCNC4CC5(CCC5)C4)cc23)C(=O)N1. The van der Waals surface area contributed by atoms with E-state index in [0.29, 0.717) is 12.8 Å². The van der Waals surface area contributed by atoms with Crippen LogP contribution >= 0.6 is 0 Å². The van der Waals surface area contributed by atoms with Gasteiger partial charge in [-0.15, -0.1) is 0 Å². The maximum atomic E-state index is 12.3. The first kappa shape index (κ1) is 22.2. The number of nitrogens with one attached hydrogen (secondary N) is 2. The van der Waals surface area contributed by atoms with E-state index in [9.17, 15) is 9.59 Å². The van der Waals surface area contributed by atoms with Crippen LogP contribution in [-0.4, -0.2) is 24.4 Å². The van der Waals surface area contributed by atoms with Gasteiger partial charge in [0.2, 0.25) is 11.8 Å². The minimum atomic E-state index is -0.342. The van der Waals surface area contributed by atoms with Gasteiger partial charge in [-0.05, 0) is 75.1 Å². The standard InChI is InChI=1S/C28H34N2O3/c31-26-12-10-22(27(32)30-26)24-19-33-25-11-9-20(16-23(24)25)8-5-3-1-2-4-6-15-29-21-17-28(18-21)13-7-14-28/h9,11,16,19,21-22,29H,1-4,6-7,10,12-15,17-18H2,(H,30,31,32). The van der Waals surface area contributed by atoms with Crippen LogP contribution in [0.4, 0.5) is 0 Å². The monoisotopic (exact) mass is 446 g/mol. The molecule has 1 aromatic heterocycles. The lowest BCUT2D eigenvalue weighted by atomic mass is 9.54. The van der Waals surface area contributed by atoms with E-state index in [4.69, 9.17) is 4.42 Å². The fourth-order valence-electron chi connectivity index (χ4n) is 5.76. The Morgan fingerprint density at radius 1 is 1.12 bits per heavy atom. The minimum Gasteiger partial charge on any atom is -0.464 e. The molecule has 3 fully saturated rings. The van der Waals surface area contributed by atoms with Gasteiger partial charge in [-0.2, -0.15) is 0 Å². The van der Waals surface area contributed by atoms with Crippen molar-refractivity contribution in [2.45, 2.75) is 89.0 Å². The molecule has 1 unspecified atom stereocenters. The summed E-state index contributed by atoms with van der Waals surface area (Å²) in [5.41, 5.74) is 3.30. The Balaban J connectivity index is 1.04. The summed E-state index contributed by atoms with van der Waals surface area (Å²) >= 11 is 0. The summed E-state index contributed by atoms with van der Waals surface area (Å²) in [6, 6.07) is 6.67. The first-order valence-electron chi connectivity index (χ1n) is 12.7. The largest absolute Gasteiger partial charge is 0.464 e. The third-order valence-corrected chi connectivity index (χ3v) is 7.89. The molecule has 3 aliphatic rings. The van der Waals surface area contributed by atoms with Crippen molar-refractivity contribution in [2.75, 3.05) is 6.54 Å². The van der Waals surface area contributed by atoms with E-state index in [0.717, 1.165) is 52.9 Å². The van der Waals surface area contributed by atoms with Gasteiger partial charge in [0.05, 0.1) is 12.2 Å². The number of benzene rings is 1. The molecule has 5 nitrogen and oxygen atoms in total. The Labute approximate surface area is 196 Å². The Kier molecular flexibility index (Phi) is 6.55. The quantitative estimate of drug-likeness (QED) is 0.333. The summed E-state index contributed by atoms with van der Waals surface area (Å²) in [7, 11) is 0. The van der Waals surface area contributed by atoms with E-state index in [1.807, 2.05) is 18.2 Å². The van der Waals surface area contributed by atoms with Crippen molar-refractivity contribution in [1.82, 2.24) is 10.6 Å². The first-order chi connectivity index (χ1) is 16.1. The van der Waals surface area contributed by atoms with Gasteiger partial charge in [-0.3, -0.25) is 14.9 Å². The molecule has 5 rings (SSSR count). The van der Waals surface area contributed by atoms with Gasteiger partial charge in [-0.25, -0.2) is 0 Å². The first-order valence-corrected chi connectivity index (χ1v) is 12.7. The molecule has 2 saturated carbocycles. The summed E-state index contributed by atoms with van der Waals surface area (Å²) in [6.45, 7) is 1.16. The maximum absolute atomic E-state index is 12.3. The molecule has 1 aliphatic heterocycles. The average molecular weight is 447 g/mol. The summed E-state index contributed by atoms with van der Waals surface area (Å²) in [4.78, 5) is 23.7. The van der Waals surface area contributed by atoms with Gasteiger partial charge in [-0.1, -0.05) is 31.1 Å². The lowest BCUT2D eigenvalue weighted by Gasteiger charge is -2.54. The highest BCUT2D eigenvalue weighted by atomic mass is 16.3. The van der Waals surface area contributed by atoms with Crippen LogP contribution in [0.3, 0.4) is 0 Å².